The molecule has 1 atom stereocenters. The molecule has 0 spiro atoms. The molecule has 0 bridgehead atoms. The van der Waals surface area contributed by atoms with Gasteiger partial charge in [-0.1, -0.05) is 42.5 Å². The van der Waals surface area contributed by atoms with Crippen LogP contribution in [0.5, 0.6) is 0 Å². The molecule has 3 aromatic carbocycles. The molecule has 0 aliphatic heterocycles. The zero-order valence-electron chi connectivity index (χ0n) is 17.4. The number of hydrogen-bond donors (Lipinski definition) is 1. The lowest BCUT2D eigenvalue weighted by Gasteiger charge is -2.17. The molecule has 1 heterocycles. The number of benzene rings is 3. The van der Waals surface area contributed by atoms with Crippen molar-refractivity contribution in [1.82, 2.24) is 5.32 Å². The van der Waals surface area contributed by atoms with Crippen LogP contribution < -0.4 is 5.32 Å². The maximum absolute atomic E-state index is 13.7. The summed E-state index contributed by atoms with van der Waals surface area (Å²) < 4.78 is 45.6. The van der Waals surface area contributed by atoms with Gasteiger partial charge in [-0.15, -0.1) is 0 Å². The Morgan fingerprint density at radius 3 is 2.56 bits per heavy atom. The zero-order chi connectivity index (χ0) is 22.7. The van der Waals surface area contributed by atoms with Crippen molar-refractivity contribution in [2.75, 3.05) is 6.54 Å². The number of sulfone groups is 1. The predicted octanol–water partition coefficient (Wildman–Crippen LogP) is 4.75. The first-order chi connectivity index (χ1) is 15.4. The van der Waals surface area contributed by atoms with E-state index < -0.39 is 20.9 Å². The molecule has 32 heavy (non-hydrogen) atoms. The van der Waals surface area contributed by atoms with Crippen LogP contribution >= 0.6 is 0 Å². The standard InChI is InChI=1S/C25H22FNO4S/c1-17-14-20(11-12-22(17)26)32(29,30)24(23-10-5-13-31-23)16-27-25(28)15-19-8-4-7-18-6-2-3-9-21(18)19/h2-14,24H,15-16H2,1H3,(H,27,28)/t24-/m1/s1. The monoisotopic (exact) mass is 451 g/mol. The average molecular weight is 452 g/mol. The van der Waals surface area contributed by atoms with Crippen molar-refractivity contribution >= 4 is 26.5 Å². The average Bonchev–Trinajstić information content (AvgIpc) is 3.30. The largest absolute Gasteiger partial charge is 0.468 e. The summed E-state index contributed by atoms with van der Waals surface area (Å²) >= 11 is 0. The van der Waals surface area contributed by atoms with Gasteiger partial charge in [-0.2, -0.15) is 0 Å². The summed E-state index contributed by atoms with van der Waals surface area (Å²) in [4.78, 5) is 12.7. The molecule has 4 aromatic rings. The lowest BCUT2D eigenvalue weighted by atomic mass is 10.0. The highest BCUT2D eigenvalue weighted by Gasteiger charge is 2.32. The number of aryl methyl sites for hydroxylation is 1. The van der Waals surface area contributed by atoms with E-state index in [0.29, 0.717) is 0 Å². The summed E-state index contributed by atoms with van der Waals surface area (Å²) in [5, 5.41) is 3.60. The van der Waals surface area contributed by atoms with E-state index in [0.717, 1.165) is 22.4 Å². The molecule has 0 fully saturated rings. The van der Waals surface area contributed by atoms with Gasteiger partial charge in [0, 0.05) is 6.54 Å². The number of nitrogens with one attached hydrogen (secondary N) is 1. The van der Waals surface area contributed by atoms with Gasteiger partial charge in [0.1, 0.15) is 16.8 Å². The van der Waals surface area contributed by atoms with Crippen LogP contribution in [0, 0.1) is 12.7 Å². The van der Waals surface area contributed by atoms with Gasteiger partial charge in [0.2, 0.25) is 5.91 Å². The van der Waals surface area contributed by atoms with Gasteiger partial charge in [0.15, 0.2) is 9.84 Å². The minimum absolute atomic E-state index is 0.0268. The molecular formula is C25H22FNO4S. The lowest BCUT2D eigenvalue weighted by Crippen LogP contribution is -2.32. The van der Waals surface area contributed by atoms with Gasteiger partial charge in [0.05, 0.1) is 17.6 Å². The molecule has 0 saturated heterocycles. The van der Waals surface area contributed by atoms with Crippen LogP contribution in [0.15, 0.2) is 88.4 Å². The quantitative estimate of drug-likeness (QED) is 0.411. The molecule has 164 valence electrons. The van der Waals surface area contributed by atoms with Gasteiger partial charge >= 0.3 is 0 Å². The fourth-order valence-electron chi connectivity index (χ4n) is 3.68. The fourth-order valence-corrected chi connectivity index (χ4v) is 5.35. The summed E-state index contributed by atoms with van der Waals surface area (Å²) in [6, 6.07) is 20.3. The van der Waals surface area contributed by atoms with Crippen molar-refractivity contribution in [3.8, 4) is 0 Å². The molecule has 1 amide bonds. The van der Waals surface area contributed by atoms with E-state index in [9.17, 15) is 17.6 Å². The van der Waals surface area contributed by atoms with E-state index in [1.807, 2.05) is 42.5 Å². The van der Waals surface area contributed by atoms with Crippen molar-refractivity contribution in [1.29, 1.82) is 0 Å². The summed E-state index contributed by atoms with van der Waals surface area (Å²) in [6.07, 6.45) is 1.49. The molecule has 4 rings (SSSR count). The van der Waals surface area contributed by atoms with E-state index in [1.54, 1.807) is 12.1 Å². The highest BCUT2D eigenvalue weighted by molar-refractivity contribution is 7.91. The number of rotatable bonds is 7. The Morgan fingerprint density at radius 1 is 1.03 bits per heavy atom. The van der Waals surface area contributed by atoms with E-state index in [1.165, 1.54) is 25.3 Å². The summed E-state index contributed by atoms with van der Waals surface area (Å²) in [5.74, 6) is -0.581. The minimum Gasteiger partial charge on any atom is -0.468 e. The Hall–Kier alpha value is -3.45. The summed E-state index contributed by atoms with van der Waals surface area (Å²) in [7, 11) is -3.94. The second-order valence-electron chi connectivity index (χ2n) is 7.58. The SMILES string of the molecule is Cc1cc(S(=O)(=O)[C@H](CNC(=O)Cc2cccc3ccccc23)c2ccco2)ccc1F. The number of furan rings is 1. The Labute approximate surface area is 185 Å². The topological polar surface area (TPSA) is 76.4 Å². The number of hydrogen-bond acceptors (Lipinski definition) is 4. The van der Waals surface area contributed by atoms with Gasteiger partial charge < -0.3 is 9.73 Å². The third kappa shape index (κ3) is 4.43. The smallest absolute Gasteiger partial charge is 0.224 e. The maximum Gasteiger partial charge on any atom is 0.224 e. The van der Waals surface area contributed by atoms with Gasteiger partial charge in [-0.05, 0) is 59.2 Å². The number of carbonyl (C=O) groups is 1. The number of halogens is 1. The molecule has 0 aliphatic rings. The molecular weight excluding hydrogens is 429 g/mol. The third-order valence-corrected chi connectivity index (χ3v) is 7.47. The highest BCUT2D eigenvalue weighted by atomic mass is 32.2. The van der Waals surface area contributed by atoms with Crippen molar-refractivity contribution in [3.05, 3.63) is 102 Å². The van der Waals surface area contributed by atoms with E-state index in [-0.39, 0.29) is 35.1 Å². The summed E-state index contributed by atoms with van der Waals surface area (Å²) in [6.45, 7) is 1.33. The second-order valence-corrected chi connectivity index (χ2v) is 9.71. The first-order valence-electron chi connectivity index (χ1n) is 10.1. The van der Waals surface area contributed by atoms with Crippen LogP contribution in [0.1, 0.15) is 22.1 Å². The van der Waals surface area contributed by atoms with E-state index in [2.05, 4.69) is 5.32 Å². The second kappa shape index (κ2) is 8.96. The van der Waals surface area contributed by atoms with Crippen molar-refractivity contribution < 1.29 is 22.0 Å². The number of fused-ring (bicyclic) bond motifs is 1. The molecule has 7 heteroatoms. The van der Waals surface area contributed by atoms with Crippen LogP contribution in [0.25, 0.3) is 10.8 Å². The van der Waals surface area contributed by atoms with Crippen LogP contribution in [0.2, 0.25) is 0 Å². The van der Waals surface area contributed by atoms with Crippen LogP contribution in [-0.4, -0.2) is 20.9 Å². The van der Waals surface area contributed by atoms with Gasteiger partial charge in [-0.25, -0.2) is 12.8 Å². The minimum atomic E-state index is -3.94. The Morgan fingerprint density at radius 2 is 1.81 bits per heavy atom. The summed E-state index contributed by atoms with van der Waals surface area (Å²) in [5.41, 5.74) is 1.08. The number of amides is 1. The fraction of sp³-hybridized carbons (Fsp3) is 0.160. The van der Waals surface area contributed by atoms with Gasteiger partial charge in [0.25, 0.3) is 0 Å². The lowest BCUT2D eigenvalue weighted by molar-refractivity contribution is -0.120. The Kier molecular flexibility index (Phi) is 6.10. The van der Waals surface area contributed by atoms with Crippen molar-refractivity contribution in [2.45, 2.75) is 23.5 Å². The van der Waals surface area contributed by atoms with Crippen molar-refractivity contribution in [3.63, 3.8) is 0 Å². The first-order valence-corrected chi connectivity index (χ1v) is 11.7. The predicted molar refractivity (Wildman–Crippen MR) is 120 cm³/mol. The molecule has 0 unspecified atom stereocenters. The van der Waals surface area contributed by atoms with E-state index >= 15 is 0 Å². The van der Waals surface area contributed by atoms with Crippen LogP contribution in [0.3, 0.4) is 0 Å². The van der Waals surface area contributed by atoms with Gasteiger partial charge in [-0.3, -0.25) is 4.79 Å². The maximum atomic E-state index is 13.7. The van der Waals surface area contributed by atoms with Crippen molar-refractivity contribution in [2.24, 2.45) is 0 Å². The molecule has 0 radical (unpaired) electrons. The number of carbonyl (C=O) groups excluding carboxylic acids is 1. The molecule has 1 aromatic heterocycles. The first kappa shape index (κ1) is 21.8. The molecule has 1 N–H and O–H groups in total. The Bertz CT molecular complexity index is 1360. The van der Waals surface area contributed by atoms with Crippen LogP contribution in [-0.2, 0) is 21.1 Å². The Balaban J connectivity index is 1.56. The zero-order valence-corrected chi connectivity index (χ0v) is 18.2. The van der Waals surface area contributed by atoms with Crippen LogP contribution in [0.4, 0.5) is 4.39 Å². The molecule has 0 aliphatic carbocycles. The van der Waals surface area contributed by atoms with E-state index in [4.69, 9.17) is 4.42 Å². The molecule has 0 saturated carbocycles. The normalized spacial score (nSPS) is 12.6. The highest BCUT2D eigenvalue weighted by Crippen LogP contribution is 2.30. The molecule has 5 nitrogen and oxygen atoms in total. The third-order valence-electron chi connectivity index (χ3n) is 5.41.